The van der Waals surface area contributed by atoms with Crippen molar-refractivity contribution in [2.45, 2.75) is 74.4 Å². The van der Waals surface area contributed by atoms with Crippen LogP contribution in [-0.2, 0) is 23.3 Å². The van der Waals surface area contributed by atoms with Crippen molar-refractivity contribution in [2.75, 3.05) is 12.4 Å². The highest BCUT2D eigenvalue weighted by atomic mass is 35.5. The van der Waals surface area contributed by atoms with Gasteiger partial charge in [0.05, 0.1) is 17.7 Å². The van der Waals surface area contributed by atoms with Gasteiger partial charge < -0.3 is 9.84 Å². The number of Topliss-reactive ketones (excluding diaryl/α,β-unsaturated/α-hetero) is 1. The van der Waals surface area contributed by atoms with E-state index in [1.54, 1.807) is 103 Å². The van der Waals surface area contributed by atoms with Crippen LogP contribution in [0.4, 0.5) is 4.39 Å². The molecule has 0 unspecified atom stereocenters. The summed E-state index contributed by atoms with van der Waals surface area (Å²) >= 11 is 8.76. The summed E-state index contributed by atoms with van der Waals surface area (Å²) in [5, 5.41) is 10.8. The summed E-state index contributed by atoms with van der Waals surface area (Å²) in [5.41, 5.74) is 5.55. The molecule has 1 N–H and O–H groups in total. The minimum absolute atomic E-state index is 0.143. The van der Waals surface area contributed by atoms with Crippen molar-refractivity contribution in [3.63, 3.8) is 0 Å². The van der Waals surface area contributed by atoms with E-state index >= 15 is 0 Å². The molecule has 0 fully saturated rings. The van der Waals surface area contributed by atoms with E-state index in [0.29, 0.717) is 74.9 Å². The molecule has 0 spiro atoms. The smallest absolute Gasteiger partial charge is 0.338 e. The molecule has 0 radical (unpaired) electrons. The van der Waals surface area contributed by atoms with Crippen molar-refractivity contribution in [3.05, 3.63) is 223 Å². The van der Waals surface area contributed by atoms with Crippen LogP contribution in [0.2, 0.25) is 5.02 Å². The number of carboxylic acids is 1. The van der Waals surface area contributed by atoms with Gasteiger partial charge in [0, 0.05) is 101 Å². The van der Waals surface area contributed by atoms with Crippen LogP contribution in [-0.4, -0.2) is 74.2 Å². The largest absolute Gasteiger partial charge is 0.478 e. The number of hydrogen-bond acceptors (Lipinski definition) is 14. The lowest BCUT2D eigenvalue weighted by Crippen LogP contribution is -2.19. The molecule has 0 saturated carbocycles. The lowest BCUT2D eigenvalue weighted by atomic mass is 10.0. The highest BCUT2D eigenvalue weighted by Crippen LogP contribution is 2.26. The standard InChI is InChI=1S/C32H33ClN4O4S.C23H17FN4O3S/c1-2-41-31(40)25-11-15-28(16-12-25)37-21-26(18-23-19-34-22-35-20-23)30(39)36-32(37)42-17-7-5-3-4-6-8-29(38)24-9-13-27(33)14-10-24;24-19-5-1-15(2-6-19)13-32-23-27-21(29)18(9-16-10-25-14-26-11-16)12-28(23)20-7-3-17(4-8-20)22(30)31/h9-16,19-22H,2-8,17-18H2,1H3;1-8,10-12,14H,9,13H2,(H,30,31). The van der Waals surface area contributed by atoms with Crippen LogP contribution >= 0.6 is 35.1 Å². The molecule has 0 amide bonds. The van der Waals surface area contributed by atoms with Gasteiger partial charge in [-0.25, -0.2) is 33.9 Å². The van der Waals surface area contributed by atoms with Crippen molar-refractivity contribution in [3.8, 4) is 11.4 Å². The van der Waals surface area contributed by atoms with Gasteiger partial charge in [-0.2, -0.15) is 9.97 Å². The number of carboxylic acid groups (broad SMARTS) is 1. The number of carbonyl (C=O) groups is 3. The first-order valence-electron chi connectivity index (χ1n) is 23.6. The van der Waals surface area contributed by atoms with Crippen molar-refractivity contribution in [2.24, 2.45) is 0 Å². The second-order valence-corrected chi connectivity index (χ2v) is 19.1. The monoisotopic (exact) mass is 1050 g/mol. The van der Waals surface area contributed by atoms with Crippen molar-refractivity contribution < 1.29 is 28.6 Å². The normalized spacial score (nSPS) is 10.9. The quantitative estimate of drug-likeness (QED) is 0.0221. The van der Waals surface area contributed by atoms with E-state index < -0.39 is 5.97 Å². The number of aromatic nitrogens is 8. The minimum Gasteiger partial charge on any atom is -0.478 e. The number of unbranched alkanes of at least 4 members (excludes halogenated alkanes) is 4. The molecule has 8 aromatic rings. The predicted molar refractivity (Wildman–Crippen MR) is 282 cm³/mol. The number of ketones is 1. The molecule has 74 heavy (non-hydrogen) atoms. The lowest BCUT2D eigenvalue weighted by Gasteiger charge is -2.14. The summed E-state index contributed by atoms with van der Waals surface area (Å²) in [6.07, 6.45) is 19.0. The summed E-state index contributed by atoms with van der Waals surface area (Å²) in [5.74, 6) is -0.304. The molecular weight excluding hydrogens is 1000 g/mol. The van der Waals surface area contributed by atoms with Crippen LogP contribution in [0.3, 0.4) is 0 Å². The summed E-state index contributed by atoms with van der Waals surface area (Å²) in [6.45, 7) is 2.07. The van der Waals surface area contributed by atoms with Crippen LogP contribution in [0.5, 0.6) is 0 Å². The SMILES string of the molecule is CCOC(=O)c1ccc(-n2cc(Cc3cncnc3)c(=O)nc2SCCCCCCCC(=O)c2ccc(Cl)cc2)cc1.O=C(O)c1ccc(-n2cc(Cc3cncnc3)c(=O)nc2SCc2ccc(F)cc2)cc1. The maximum atomic E-state index is 13.2. The molecule has 0 aliphatic carbocycles. The zero-order valence-electron chi connectivity index (χ0n) is 40.2. The molecule has 0 aliphatic rings. The number of nitrogens with zero attached hydrogens (tertiary/aromatic N) is 8. The van der Waals surface area contributed by atoms with Gasteiger partial charge in [0.15, 0.2) is 16.1 Å². The fraction of sp³-hybridized carbons (Fsp3) is 0.218. The molecule has 15 nitrogen and oxygen atoms in total. The number of ether oxygens (including phenoxy) is 1. The highest BCUT2D eigenvalue weighted by molar-refractivity contribution is 7.99. The van der Waals surface area contributed by atoms with Crippen LogP contribution < -0.4 is 11.1 Å². The van der Waals surface area contributed by atoms with Gasteiger partial charge in [-0.15, -0.1) is 0 Å². The molecule has 378 valence electrons. The average Bonchev–Trinajstić information content (AvgIpc) is 3.41. The first-order valence-corrected chi connectivity index (χ1v) is 25.9. The number of carbonyl (C=O) groups excluding carboxylic acids is 2. The average molecular weight is 1050 g/mol. The predicted octanol–water partition coefficient (Wildman–Crippen LogP) is 10.5. The van der Waals surface area contributed by atoms with E-state index in [1.807, 2.05) is 22.9 Å². The Morgan fingerprint density at radius 3 is 1.62 bits per heavy atom. The molecule has 0 bridgehead atoms. The molecule has 4 aromatic carbocycles. The molecule has 4 aromatic heterocycles. The van der Waals surface area contributed by atoms with Gasteiger partial charge in [-0.05, 0) is 121 Å². The number of esters is 1. The van der Waals surface area contributed by atoms with Gasteiger partial charge in [0.25, 0.3) is 11.1 Å². The number of rotatable bonds is 22. The summed E-state index contributed by atoms with van der Waals surface area (Å²) in [6, 6.07) is 26.5. The summed E-state index contributed by atoms with van der Waals surface area (Å²) < 4.78 is 21.9. The van der Waals surface area contributed by atoms with Crippen LogP contribution in [0.1, 0.15) is 104 Å². The number of aromatic carboxylic acids is 1. The zero-order chi connectivity index (χ0) is 52.2. The van der Waals surface area contributed by atoms with Crippen LogP contribution in [0.25, 0.3) is 11.4 Å². The van der Waals surface area contributed by atoms with Crippen LogP contribution in [0.15, 0.2) is 167 Å². The maximum absolute atomic E-state index is 13.2. The third kappa shape index (κ3) is 15.9. The summed E-state index contributed by atoms with van der Waals surface area (Å²) in [7, 11) is 0. The first-order chi connectivity index (χ1) is 35.9. The van der Waals surface area contributed by atoms with Gasteiger partial charge in [0.1, 0.15) is 18.5 Å². The number of hydrogen-bond donors (Lipinski definition) is 1. The number of halogens is 2. The van der Waals surface area contributed by atoms with Gasteiger partial charge >= 0.3 is 11.9 Å². The molecule has 4 heterocycles. The Kier molecular flexibility index (Phi) is 20.0. The van der Waals surface area contributed by atoms with E-state index in [1.165, 1.54) is 60.4 Å². The van der Waals surface area contributed by atoms with E-state index in [2.05, 4.69) is 29.9 Å². The second kappa shape index (κ2) is 27.4. The highest BCUT2D eigenvalue weighted by Gasteiger charge is 2.16. The van der Waals surface area contributed by atoms with Crippen molar-refractivity contribution in [1.82, 2.24) is 39.0 Å². The van der Waals surface area contributed by atoms with Gasteiger partial charge in [-0.1, -0.05) is 66.5 Å². The minimum atomic E-state index is -1.02. The molecule has 0 aliphatic heterocycles. The van der Waals surface area contributed by atoms with Crippen LogP contribution in [0, 0.1) is 5.82 Å². The Morgan fingerprint density at radius 1 is 0.608 bits per heavy atom. The number of benzene rings is 4. The molecule has 8 rings (SSSR count). The van der Waals surface area contributed by atoms with Gasteiger partial charge in [-0.3, -0.25) is 23.5 Å². The molecular formula is C55H50ClFN8O7S2. The Labute approximate surface area is 439 Å². The third-order valence-corrected chi connectivity index (χ3v) is 13.5. The lowest BCUT2D eigenvalue weighted by molar-refractivity contribution is 0.0525. The molecule has 0 atom stereocenters. The first kappa shape index (κ1) is 54.1. The zero-order valence-corrected chi connectivity index (χ0v) is 42.6. The maximum Gasteiger partial charge on any atom is 0.338 e. The summed E-state index contributed by atoms with van der Waals surface area (Å²) in [4.78, 5) is 86.1. The fourth-order valence-electron chi connectivity index (χ4n) is 7.38. The van der Waals surface area contributed by atoms with E-state index in [4.69, 9.17) is 16.3 Å². The van der Waals surface area contributed by atoms with E-state index in [0.717, 1.165) is 60.2 Å². The fourth-order valence-corrected chi connectivity index (χ4v) is 9.42. The number of thioether (sulfide) groups is 2. The van der Waals surface area contributed by atoms with Crippen molar-refractivity contribution >= 4 is 52.8 Å². The van der Waals surface area contributed by atoms with Gasteiger partial charge in [0.2, 0.25) is 0 Å². The second-order valence-electron chi connectivity index (χ2n) is 16.6. The van der Waals surface area contributed by atoms with E-state index in [-0.39, 0.29) is 34.3 Å². The Balaban J connectivity index is 0.000000224. The van der Waals surface area contributed by atoms with Crippen molar-refractivity contribution in [1.29, 1.82) is 0 Å². The molecule has 0 saturated heterocycles. The Bertz CT molecular complexity index is 3260. The Hall–Kier alpha value is -7.67. The Morgan fingerprint density at radius 2 is 1.09 bits per heavy atom. The third-order valence-electron chi connectivity index (χ3n) is 11.2. The topological polar surface area (TPSA) is 202 Å². The van der Waals surface area contributed by atoms with E-state index in [9.17, 15) is 33.5 Å². The molecule has 19 heteroatoms.